The van der Waals surface area contributed by atoms with E-state index < -0.39 is 5.92 Å². The second-order valence-electron chi connectivity index (χ2n) is 6.31. The molecule has 2 fully saturated rings. The average molecular weight is 372 g/mol. The van der Waals surface area contributed by atoms with Crippen LogP contribution in [0.15, 0.2) is 24.3 Å². The normalized spacial score (nSPS) is 23.5. The molecule has 3 rings (SSSR count). The van der Waals surface area contributed by atoms with Crippen molar-refractivity contribution in [3.8, 4) is 0 Å². The number of halogens is 2. The lowest BCUT2D eigenvalue weighted by Gasteiger charge is -2.21. The topological polar surface area (TPSA) is 52.7 Å². The summed E-state index contributed by atoms with van der Waals surface area (Å²) < 4.78 is 0. The van der Waals surface area contributed by atoms with Crippen LogP contribution in [-0.2, 0) is 9.59 Å². The molecule has 2 aliphatic rings. The number of benzene rings is 1. The third-order valence-corrected chi connectivity index (χ3v) is 4.95. The van der Waals surface area contributed by atoms with Crippen LogP contribution in [0.1, 0.15) is 12.8 Å². The molecule has 0 saturated carbocycles. The van der Waals surface area contributed by atoms with E-state index in [1.165, 1.54) is 0 Å². The van der Waals surface area contributed by atoms with Gasteiger partial charge >= 0.3 is 0 Å². The molecule has 2 saturated heterocycles. The first kappa shape index (κ1) is 19.0. The van der Waals surface area contributed by atoms with Crippen LogP contribution in [0, 0.1) is 11.8 Å². The fourth-order valence-corrected chi connectivity index (χ4v) is 3.70. The van der Waals surface area contributed by atoms with Gasteiger partial charge in [-0.05, 0) is 50.6 Å². The van der Waals surface area contributed by atoms with E-state index in [9.17, 15) is 9.59 Å². The molecule has 0 radical (unpaired) electrons. The maximum Gasteiger partial charge on any atom is 0.239 e. The van der Waals surface area contributed by atoms with E-state index in [0.29, 0.717) is 23.9 Å². The van der Waals surface area contributed by atoms with Gasteiger partial charge in [-0.2, -0.15) is 0 Å². The molecule has 1 N–H and O–H groups in total. The molecule has 0 aliphatic carbocycles. The lowest BCUT2D eigenvalue weighted by atomic mass is 10.1. The number of rotatable bonds is 4. The molecule has 2 aliphatic heterocycles. The summed E-state index contributed by atoms with van der Waals surface area (Å²) in [6.07, 6.45) is 1.59. The summed E-state index contributed by atoms with van der Waals surface area (Å²) in [7, 11) is 1.92. The van der Waals surface area contributed by atoms with Crippen molar-refractivity contribution in [3.05, 3.63) is 29.3 Å². The monoisotopic (exact) mass is 371 g/mol. The number of likely N-dealkylation sites (tertiary alicyclic amines) is 1. The first-order chi connectivity index (χ1) is 11.1. The minimum Gasteiger partial charge on any atom is -0.342 e. The van der Waals surface area contributed by atoms with Gasteiger partial charge in [-0.25, -0.2) is 0 Å². The van der Waals surface area contributed by atoms with Crippen molar-refractivity contribution in [3.63, 3.8) is 0 Å². The van der Waals surface area contributed by atoms with Crippen molar-refractivity contribution in [2.45, 2.75) is 12.8 Å². The van der Waals surface area contributed by atoms with Crippen LogP contribution >= 0.6 is 24.0 Å². The number of hydrogen-bond acceptors (Lipinski definition) is 3. The van der Waals surface area contributed by atoms with Crippen LogP contribution < -0.4 is 10.2 Å². The van der Waals surface area contributed by atoms with Gasteiger partial charge in [0.05, 0.1) is 0 Å². The van der Waals surface area contributed by atoms with E-state index in [2.05, 4.69) is 5.32 Å². The number of nitrogens with zero attached hydrogens (tertiary/aromatic N) is 2. The summed E-state index contributed by atoms with van der Waals surface area (Å²) in [6.45, 7) is 2.99. The van der Waals surface area contributed by atoms with Crippen molar-refractivity contribution in [2.75, 3.05) is 38.1 Å². The molecular weight excluding hydrogens is 349 g/mol. The van der Waals surface area contributed by atoms with E-state index in [1.54, 1.807) is 17.0 Å². The van der Waals surface area contributed by atoms with Gasteiger partial charge in [-0.1, -0.05) is 17.7 Å². The maximum absolute atomic E-state index is 12.7. The number of hydrogen-bond donors (Lipinski definition) is 1. The molecule has 2 heterocycles. The van der Waals surface area contributed by atoms with E-state index in [-0.39, 0.29) is 24.2 Å². The Morgan fingerprint density at radius 1 is 1.33 bits per heavy atom. The fourth-order valence-electron chi connectivity index (χ4n) is 3.52. The third-order valence-electron chi connectivity index (χ3n) is 4.71. The summed E-state index contributed by atoms with van der Waals surface area (Å²) in [4.78, 5) is 28.9. The summed E-state index contributed by atoms with van der Waals surface area (Å²) in [5.41, 5.74) is 0.771. The molecule has 132 valence electrons. The first-order valence-electron chi connectivity index (χ1n) is 8.10. The second kappa shape index (κ2) is 8.19. The van der Waals surface area contributed by atoms with Crippen LogP contribution in [0.5, 0.6) is 0 Å². The molecule has 0 spiro atoms. The molecule has 7 heteroatoms. The highest BCUT2D eigenvalue weighted by atomic mass is 35.5. The van der Waals surface area contributed by atoms with Crippen molar-refractivity contribution < 1.29 is 9.59 Å². The van der Waals surface area contributed by atoms with E-state index in [0.717, 1.165) is 31.7 Å². The van der Waals surface area contributed by atoms with Gasteiger partial charge in [0.2, 0.25) is 11.8 Å². The summed E-state index contributed by atoms with van der Waals surface area (Å²) >= 11 is 6.00. The Bertz CT molecular complexity index is 611. The van der Waals surface area contributed by atoms with Crippen LogP contribution in [0.25, 0.3) is 0 Å². The molecule has 2 atom stereocenters. The van der Waals surface area contributed by atoms with Gasteiger partial charge in [0, 0.05) is 30.3 Å². The Labute approximate surface area is 153 Å². The quantitative estimate of drug-likeness (QED) is 0.825. The molecule has 2 amide bonds. The Balaban J connectivity index is 0.00000208. The van der Waals surface area contributed by atoms with Crippen molar-refractivity contribution in [1.29, 1.82) is 0 Å². The van der Waals surface area contributed by atoms with Gasteiger partial charge in [0.1, 0.15) is 5.92 Å². The van der Waals surface area contributed by atoms with Crippen LogP contribution in [-0.4, -0.2) is 49.9 Å². The van der Waals surface area contributed by atoms with Crippen molar-refractivity contribution in [1.82, 2.24) is 10.2 Å². The van der Waals surface area contributed by atoms with Gasteiger partial charge in [0.15, 0.2) is 0 Å². The predicted molar refractivity (Wildman–Crippen MR) is 97.8 cm³/mol. The minimum absolute atomic E-state index is 0. The average Bonchev–Trinajstić information content (AvgIpc) is 3.14. The zero-order valence-electron chi connectivity index (χ0n) is 13.7. The van der Waals surface area contributed by atoms with Crippen LogP contribution in [0.2, 0.25) is 5.02 Å². The minimum atomic E-state index is -0.540. The van der Waals surface area contributed by atoms with Crippen molar-refractivity contribution in [2.24, 2.45) is 11.8 Å². The Hall–Kier alpha value is -1.30. The molecule has 0 aromatic heterocycles. The number of nitrogens with one attached hydrogen (secondary N) is 1. The SMILES string of the molecule is CNCC1CCN(C(=O)C2CCN(c3cccc(Cl)c3)C2=O)C1.Cl. The Morgan fingerprint density at radius 2 is 2.12 bits per heavy atom. The zero-order chi connectivity index (χ0) is 16.4. The highest BCUT2D eigenvalue weighted by molar-refractivity contribution is 6.31. The van der Waals surface area contributed by atoms with E-state index in [4.69, 9.17) is 11.6 Å². The van der Waals surface area contributed by atoms with Crippen LogP contribution in [0.3, 0.4) is 0 Å². The number of carbonyl (C=O) groups excluding carboxylic acids is 2. The zero-order valence-corrected chi connectivity index (χ0v) is 15.3. The lowest BCUT2D eigenvalue weighted by Crippen LogP contribution is -2.39. The van der Waals surface area contributed by atoms with E-state index >= 15 is 0 Å². The van der Waals surface area contributed by atoms with Gasteiger partial charge < -0.3 is 15.1 Å². The predicted octanol–water partition coefficient (Wildman–Crippen LogP) is 2.18. The molecule has 2 unspecified atom stereocenters. The molecule has 0 bridgehead atoms. The largest absolute Gasteiger partial charge is 0.342 e. The highest BCUT2D eigenvalue weighted by Crippen LogP contribution is 2.29. The molecule has 24 heavy (non-hydrogen) atoms. The number of anilines is 1. The van der Waals surface area contributed by atoms with Gasteiger partial charge in [-0.3, -0.25) is 9.59 Å². The third kappa shape index (κ3) is 3.85. The molecular formula is C17H23Cl2N3O2. The standard InChI is InChI=1S/C17H22ClN3O2.ClH/c1-19-10-12-5-7-20(11-12)16(22)15-6-8-21(17(15)23)14-4-2-3-13(18)9-14;/h2-4,9,12,15,19H,5-8,10-11H2,1H3;1H. The summed E-state index contributed by atoms with van der Waals surface area (Å²) in [5, 5.41) is 3.75. The van der Waals surface area contributed by atoms with Gasteiger partial charge in [0.25, 0.3) is 0 Å². The Morgan fingerprint density at radius 3 is 2.83 bits per heavy atom. The van der Waals surface area contributed by atoms with E-state index in [1.807, 2.05) is 24.1 Å². The van der Waals surface area contributed by atoms with Gasteiger partial charge in [-0.15, -0.1) is 12.4 Å². The smallest absolute Gasteiger partial charge is 0.239 e. The first-order valence-corrected chi connectivity index (χ1v) is 8.48. The lowest BCUT2D eigenvalue weighted by molar-refractivity contribution is -0.139. The van der Waals surface area contributed by atoms with Crippen molar-refractivity contribution >= 4 is 41.5 Å². The van der Waals surface area contributed by atoms with Crippen LogP contribution in [0.4, 0.5) is 5.69 Å². The molecule has 1 aromatic rings. The molecule has 1 aromatic carbocycles. The summed E-state index contributed by atoms with van der Waals surface area (Å²) in [6, 6.07) is 7.23. The number of carbonyl (C=O) groups is 2. The number of amides is 2. The fraction of sp³-hybridized carbons (Fsp3) is 0.529. The summed E-state index contributed by atoms with van der Waals surface area (Å²) in [5.74, 6) is -0.167. The highest BCUT2D eigenvalue weighted by Gasteiger charge is 2.41. The Kier molecular flexibility index (Phi) is 6.49. The maximum atomic E-state index is 12.7. The molecule has 5 nitrogen and oxygen atoms in total. The second-order valence-corrected chi connectivity index (χ2v) is 6.74.